The van der Waals surface area contributed by atoms with Gasteiger partial charge >= 0.3 is 5.69 Å². The molecule has 0 unspecified atom stereocenters. The molecule has 3 heterocycles. The zero-order valence-corrected chi connectivity index (χ0v) is 15.8. The van der Waals surface area contributed by atoms with Crippen LogP contribution in [-0.4, -0.2) is 45.2 Å². The number of likely N-dealkylation sites (tertiary alicyclic amines) is 1. The zero-order valence-electron chi connectivity index (χ0n) is 15.8. The van der Waals surface area contributed by atoms with E-state index in [1.54, 1.807) is 11.5 Å². The minimum atomic E-state index is -0.285. The van der Waals surface area contributed by atoms with Crippen LogP contribution in [0.1, 0.15) is 31.2 Å². The molecule has 0 saturated carbocycles. The maximum atomic E-state index is 13.0. The smallest absolute Gasteiger partial charge is 0.351 e. The Morgan fingerprint density at radius 3 is 2.59 bits per heavy atom. The highest BCUT2D eigenvalue weighted by atomic mass is 16.5. The number of aromatic nitrogens is 3. The van der Waals surface area contributed by atoms with Crippen LogP contribution in [0.2, 0.25) is 0 Å². The van der Waals surface area contributed by atoms with Crippen LogP contribution < -0.4 is 10.4 Å². The topological polar surface area (TPSA) is 68.8 Å². The van der Waals surface area contributed by atoms with Crippen LogP contribution in [0.15, 0.2) is 29.1 Å². The largest absolute Gasteiger partial charge is 0.497 e. The lowest BCUT2D eigenvalue weighted by Crippen LogP contribution is -2.37. The lowest BCUT2D eigenvalue weighted by atomic mass is 10.1. The van der Waals surface area contributed by atoms with Crippen molar-refractivity contribution >= 4 is 22.5 Å². The van der Waals surface area contributed by atoms with E-state index in [9.17, 15) is 9.59 Å². The van der Waals surface area contributed by atoms with Crippen LogP contribution >= 0.6 is 0 Å². The standard InChI is InChI=1S/C20H24N4O3/c1-14-11-15-12-16(27-2)7-8-17(15)24-19(14)21-23(20(24)26)13-18(25)22-9-5-3-4-6-10-22/h7-8,11-12H,3-6,9-10,13H2,1-2H3. The number of ether oxygens (including phenoxy) is 1. The van der Waals surface area contributed by atoms with E-state index >= 15 is 0 Å². The summed E-state index contributed by atoms with van der Waals surface area (Å²) in [5.41, 5.74) is 1.94. The number of aryl methyl sites for hydroxylation is 1. The molecule has 1 aliphatic rings. The first-order valence-corrected chi connectivity index (χ1v) is 9.43. The number of benzene rings is 1. The average molecular weight is 368 g/mol. The fraction of sp³-hybridized carbons (Fsp3) is 0.450. The average Bonchev–Trinajstić information content (AvgIpc) is 2.86. The Morgan fingerprint density at radius 1 is 1.15 bits per heavy atom. The Hall–Kier alpha value is -2.83. The summed E-state index contributed by atoms with van der Waals surface area (Å²) >= 11 is 0. The van der Waals surface area contributed by atoms with Gasteiger partial charge in [-0.15, -0.1) is 5.10 Å². The quantitative estimate of drug-likeness (QED) is 0.712. The van der Waals surface area contributed by atoms with Crippen molar-refractivity contribution in [2.75, 3.05) is 20.2 Å². The zero-order chi connectivity index (χ0) is 19.0. The van der Waals surface area contributed by atoms with Crippen molar-refractivity contribution in [2.24, 2.45) is 0 Å². The maximum absolute atomic E-state index is 13.0. The molecule has 0 N–H and O–H groups in total. The number of rotatable bonds is 3. The van der Waals surface area contributed by atoms with Crippen molar-refractivity contribution in [3.8, 4) is 5.75 Å². The molecule has 0 aliphatic carbocycles. The van der Waals surface area contributed by atoms with Crippen LogP contribution in [0, 0.1) is 6.92 Å². The molecule has 1 aliphatic heterocycles. The van der Waals surface area contributed by atoms with Crippen molar-refractivity contribution in [1.29, 1.82) is 0 Å². The van der Waals surface area contributed by atoms with Crippen molar-refractivity contribution in [3.05, 3.63) is 40.3 Å². The molecule has 0 bridgehead atoms. The van der Waals surface area contributed by atoms with E-state index in [1.165, 1.54) is 4.68 Å². The third kappa shape index (κ3) is 3.18. The highest BCUT2D eigenvalue weighted by Gasteiger charge is 2.19. The van der Waals surface area contributed by atoms with Gasteiger partial charge in [0.05, 0.1) is 12.6 Å². The number of hydrogen-bond acceptors (Lipinski definition) is 4. The van der Waals surface area contributed by atoms with Crippen molar-refractivity contribution < 1.29 is 9.53 Å². The van der Waals surface area contributed by atoms with Gasteiger partial charge in [-0.25, -0.2) is 13.9 Å². The lowest BCUT2D eigenvalue weighted by Gasteiger charge is -2.19. The summed E-state index contributed by atoms with van der Waals surface area (Å²) in [7, 11) is 1.62. The molecule has 142 valence electrons. The SMILES string of the molecule is COc1ccc2c(c1)cc(C)c1nn(CC(=O)N3CCCCCC3)c(=O)n12. The maximum Gasteiger partial charge on any atom is 0.351 e. The first kappa shape index (κ1) is 17.6. The van der Waals surface area contributed by atoms with Gasteiger partial charge in [-0.2, -0.15) is 0 Å². The Labute approximate surface area is 157 Å². The number of methoxy groups -OCH3 is 1. The van der Waals surface area contributed by atoms with Crippen molar-refractivity contribution in [3.63, 3.8) is 0 Å². The second kappa shape index (κ2) is 7.06. The fourth-order valence-electron chi connectivity index (χ4n) is 3.81. The number of amides is 1. The molecule has 1 amide bonds. The van der Waals surface area contributed by atoms with Gasteiger partial charge in [0.2, 0.25) is 5.91 Å². The van der Waals surface area contributed by atoms with Crippen LogP contribution in [0.3, 0.4) is 0 Å². The molecule has 0 spiro atoms. The predicted molar refractivity (Wildman–Crippen MR) is 103 cm³/mol. The van der Waals surface area contributed by atoms with Gasteiger partial charge in [-0.05, 0) is 49.6 Å². The van der Waals surface area contributed by atoms with E-state index in [-0.39, 0.29) is 18.1 Å². The highest BCUT2D eigenvalue weighted by molar-refractivity contribution is 5.84. The van der Waals surface area contributed by atoms with Crippen molar-refractivity contribution in [2.45, 2.75) is 39.2 Å². The van der Waals surface area contributed by atoms with E-state index in [0.717, 1.165) is 61.0 Å². The number of nitrogens with zero attached hydrogens (tertiary/aromatic N) is 4. The van der Waals surface area contributed by atoms with E-state index in [1.807, 2.05) is 36.1 Å². The van der Waals surface area contributed by atoms with Crippen molar-refractivity contribution in [1.82, 2.24) is 19.1 Å². The van der Waals surface area contributed by atoms with Gasteiger partial charge in [-0.3, -0.25) is 4.79 Å². The summed E-state index contributed by atoms with van der Waals surface area (Å²) in [6, 6.07) is 7.56. The number of fused-ring (bicyclic) bond motifs is 3. The third-order valence-corrected chi connectivity index (χ3v) is 5.28. The van der Waals surface area contributed by atoms with E-state index in [2.05, 4.69) is 5.10 Å². The first-order valence-electron chi connectivity index (χ1n) is 9.43. The molecule has 7 nitrogen and oxygen atoms in total. The lowest BCUT2D eigenvalue weighted by molar-refractivity contribution is -0.132. The number of hydrogen-bond donors (Lipinski definition) is 0. The fourth-order valence-corrected chi connectivity index (χ4v) is 3.81. The van der Waals surface area contributed by atoms with Crippen LogP contribution in [-0.2, 0) is 11.3 Å². The minimum Gasteiger partial charge on any atom is -0.497 e. The summed E-state index contributed by atoms with van der Waals surface area (Å²) in [6.07, 6.45) is 4.37. The van der Waals surface area contributed by atoms with Gasteiger partial charge in [0, 0.05) is 18.5 Å². The minimum absolute atomic E-state index is 0.0163. The summed E-state index contributed by atoms with van der Waals surface area (Å²) < 4.78 is 8.16. The Kier molecular flexibility index (Phi) is 4.59. The van der Waals surface area contributed by atoms with Crippen LogP contribution in [0.25, 0.3) is 16.6 Å². The summed E-state index contributed by atoms with van der Waals surface area (Å²) in [6.45, 7) is 3.44. The van der Waals surface area contributed by atoms with Gasteiger partial charge in [0.15, 0.2) is 5.65 Å². The molecule has 7 heteroatoms. The summed E-state index contributed by atoms with van der Waals surface area (Å²) in [5.74, 6) is 0.698. The second-order valence-electron chi connectivity index (χ2n) is 7.15. The van der Waals surface area contributed by atoms with E-state index in [0.29, 0.717) is 5.65 Å². The molecule has 4 rings (SSSR count). The number of carbonyl (C=O) groups excluding carboxylic acids is 1. The van der Waals surface area contributed by atoms with Gasteiger partial charge in [-0.1, -0.05) is 12.8 Å². The highest BCUT2D eigenvalue weighted by Crippen LogP contribution is 2.23. The Balaban J connectivity index is 1.75. The summed E-state index contributed by atoms with van der Waals surface area (Å²) in [5, 5.41) is 5.35. The molecule has 1 saturated heterocycles. The van der Waals surface area contributed by atoms with E-state index < -0.39 is 0 Å². The predicted octanol–water partition coefficient (Wildman–Crippen LogP) is 2.37. The molecule has 3 aromatic rings. The molecular formula is C20H24N4O3. The van der Waals surface area contributed by atoms with Crippen LogP contribution in [0.4, 0.5) is 0 Å². The Bertz CT molecular complexity index is 1060. The molecule has 1 fully saturated rings. The van der Waals surface area contributed by atoms with Gasteiger partial charge < -0.3 is 9.64 Å². The monoisotopic (exact) mass is 368 g/mol. The number of pyridine rings is 1. The normalized spacial score (nSPS) is 15.3. The molecular weight excluding hydrogens is 344 g/mol. The third-order valence-electron chi connectivity index (χ3n) is 5.28. The molecule has 0 atom stereocenters. The van der Waals surface area contributed by atoms with Gasteiger partial charge in [0.1, 0.15) is 12.3 Å². The molecule has 27 heavy (non-hydrogen) atoms. The van der Waals surface area contributed by atoms with E-state index in [4.69, 9.17) is 4.74 Å². The molecule has 2 aromatic heterocycles. The Morgan fingerprint density at radius 2 is 1.89 bits per heavy atom. The molecule has 0 radical (unpaired) electrons. The second-order valence-corrected chi connectivity index (χ2v) is 7.15. The van der Waals surface area contributed by atoms with Crippen LogP contribution in [0.5, 0.6) is 5.75 Å². The van der Waals surface area contributed by atoms with Gasteiger partial charge in [0.25, 0.3) is 0 Å². The molecule has 1 aromatic carbocycles. The first-order chi connectivity index (χ1) is 13.1. The number of carbonyl (C=O) groups is 1. The summed E-state index contributed by atoms with van der Waals surface area (Å²) in [4.78, 5) is 27.5.